The second-order valence-electron chi connectivity index (χ2n) is 4.70. The molecular weight excluding hydrogens is 385 g/mol. The summed E-state index contributed by atoms with van der Waals surface area (Å²) in [6.07, 6.45) is 5.57. The van der Waals surface area contributed by atoms with Crippen molar-refractivity contribution in [3.63, 3.8) is 0 Å². The quantitative estimate of drug-likeness (QED) is 0.598. The minimum Gasteiger partial charge on any atom is -0.421 e. The van der Waals surface area contributed by atoms with Crippen LogP contribution in [0.4, 0.5) is 4.39 Å². The number of hydrogen-bond acceptors (Lipinski definition) is 4. The number of aromatic nitrogens is 3. The van der Waals surface area contributed by atoms with E-state index in [2.05, 4.69) is 31.1 Å². The monoisotopic (exact) mass is 393 g/mol. The second-order valence-corrected chi connectivity index (χ2v) is 5.92. The largest absolute Gasteiger partial charge is 0.421 e. The average molecular weight is 395 g/mol. The lowest BCUT2D eigenvalue weighted by atomic mass is 10.2. The van der Waals surface area contributed by atoms with Gasteiger partial charge in [0.2, 0.25) is 11.8 Å². The van der Waals surface area contributed by atoms with Crippen LogP contribution in [0, 0.1) is 5.82 Å². The van der Waals surface area contributed by atoms with E-state index in [4.69, 9.17) is 16.0 Å². The molecule has 0 aliphatic rings. The van der Waals surface area contributed by atoms with E-state index in [1.807, 2.05) is 12.1 Å². The highest BCUT2D eigenvalue weighted by Gasteiger charge is 2.06. The molecule has 0 aliphatic heterocycles. The van der Waals surface area contributed by atoms with Gasteiger partial charge < -0.3 is 4.42 Å². The predicted molar refractivity (Wildman–Crippen MR) is 89.4 cm³/mol. The molecule has 3 rings (SSSR count). The number of pyridine rings is 1. The highest BCUT2D eigenvalue weighted by atomic mass is 79.9. The maximum atomic E-state index is 13.0. The molecule has 0 unspecified atom stereocenters. The predicted octanol–water partition coefficient (Wildman–Crippen LogP) is 4.78. The van der Waals surface area contributed by atoms with E-state index in [-0.39, 0.29) is 5.82 Å². The van der Waals surface area contributed by atoms with Crippen molar-refractivity contribution in [1.29, 1.82) is 0 Å². The Morgan fingerprint density at radius 2 is 2.04 bits per heavy atom. The lowest BCUT2D eigenvalue weighted by Gasteiger charge is -1.97. The molecule has 0 spiro atoms. The molecule has 0 saturated carbocycles. The maximum Gasteiger partial charge on any atom is 0.240 e. The number of rotatable bonds is 4. The minimum absolute atomic E-state index is 0.321. The first-order valence-electron chi connectivity index (χ1n) is 6.66. The van der Waals surface area contributed by atoms with Gasteiger partial charge in [0.25, 0.3) is 0 Å². The second kappa shape index (κ2) is 7.02. The van der Waals surface area contributed by atoms with Gasteiger partial charge in [-0.2, -0.15) is 0 Å². The zero-order valence-corrected chi connectivity index (χ0v) is 14.1. The first-order chi connectivity index (χ1) is 11.1. The zero-order valence-electron chi connectivity index (χ0n) is 11.7. The maximum absolute atomic E-state index is 13.0. The van der Waals surface area contributed by atoms with Gasteiger partial charge in [-0.05, 0) is 51.3 Å². The number of halogens is 3. The van der Waals surface area contributed by atoms with Gasteiger partial charge in [-0.15, -0.1) is 10.2 Å². The van der Waals surface area contributed by atoms with Gasteiger partial charge in [0.15, 0.2) is 0 Å². The van der Waals surface area contributed by atoms with Crippen molar-refractivity contribution in [2.24, 2.45) is 0 Å². The van der Waals surface area contributed by atoms with Crippen LogP contribution in [0.25, 0.3) is 12.2 Å². The van der Waals surface area contributed by atoms with Gasteiger partial charge in [-0.25, -0.2) is 9.37 Å². The molecule has 3 aromatic rings. The van der Waals surface area contributed by atoms with E-state index in [0.717, 1.165) is 10.2 Å². The van der Waals surface area contributed by atoms with E-state index in [9.17, 15) is 4.39 Å². The third-order valence-electron chi connectivity index (χ3n) is 2.99. The normalized spacial score (nSPS) is 11.3. The van der Waals surface area contributed by atoms with Crippen LogP contribution in [0.2, 0.25) is 5.02 Å². The molecule has 4 nitrogen and oxygen atoms in total. The Labute approximate surface area is 145 Å². The average Bonchev–Trinajstić information content (AvgIpc) is 2.96. The standard InChI is InChI=1S/C16H10BrClFN3O/c17-14-5-1-10(9-20-14)7-16-22-21-15(23-16)6-3-11-2-4-12(19)8-13(11)18/h1-6,8-9H,7H2. The Hall–Kier alpha value is -2.05. The van der Waals surface area contributed by atoms with Crippen molar-refractivity contribution in [1.82, 2.24) is 15.2 Å². The number of nitrogens with zero attached hydrogens (tertiary/aromatic N) is 3. The summed E-state index contributed by atoms with van der Waals surface area (Å²) in [5, 5.41) is 8.25. The summed E-state index contributed by atoms with van der Waals surface area (Å²) in [5.74, 6) is 0.458. The van der Waals surface area contributed by atoms with E-state index in [1.54, 1.807) is 24.4 Å². The Kier molecular flexibility index (Phi) is 4.83. The van der Waals surface area contributed by atoms with Crippen molar-refractivity contribution in [3.05, 3.63) is 74.9 Å². The van der Waals surface area contributed by atoms with Gasteiger partial charge in [-0.1, -0.05) is 23.7 Å². The summed E-state index contributed by atoms with van der Waals surface area (Å²) >= 11 is 9.23. The fourth-order valence-electron chi connectivity index (χ4n) is 1.89. The molecule has 0 N–H and O–H groups in total. The Morgan fingerprint density at radius 1 is 1.17 bits per heavy atom. The summed E-state index contributed by atoms with van der Waals surface area (Å²) < 4.78 is 19.3. The minimum atomic E-state index is -0.379. The van der Waals surface area contributed by atoms with Crippen molar-refractivity contribution in [3.8, 4) is 0 Å². The molecule has 1 aromatic carbocycles. The molecule has 116 valence electrons. The third kappa shape index (κ3) is 4.24. The summed E-state index contributed by atoms with van der Waals surface area (Å²) in [6, 6.07) is 7.95. The topological polar surface area (TPSA) is 51.8 Å². The Balaban J connectivity index is 1.71. The molecule has 0 radical (unpaired) electrons. The van der Waals surface area contributed by atoms with Gasteiger partial charge in [0.05, 0.1) is 11.4 Å². The molecule has 0 bridgehead atoms. The summed E-state index contributed by atoms with van der Waals surface area (Å²) in [4.78, 5) is 4.14. The van der Waals surface area contributed by atoms with E-state index < -0.39 is 0 Å². The molecule has 0 aliphatic carbocycles. The van der Waals surface area contributed by atoms with Crippen LogP contribution in [-0.4, -0.2) is 15.2 Å². The van der Waals surface area contributed by atoms with Gasteiger partial charge >= 0.3 is 0 Å². The van der Waals surface area contributed by atoms with Gasteiger partial charge in [-0.3, -0.25) is 0 Å². The van der Waals surface area contributed by atoms with Crippen LogP contribution in [0.15, 0.2) is 45.5 Å². The summed E-state index contributed by atoms with van der Waals surface area (Å²) in [7, 11) is 0. The van der Waals surface area contributed by atoms with Gasteiger partial charge in [0, 0.05) is 12.3 Å². The molecule has 2 aromatic heterocycles. The highest BCUT2D eigenvalue weighted by molar-refractivity contribution is 9.10. The van der Waals surface area contributed by atoms with Crippen molar-refractivity contribution < 1.29 is 8.81 Å². The highest BCUT2D eigenvalue weighted by Crippen LogP contribution is 2.20. The van der Waals surface area contributed by atoms with Crippen LogP contribution in [0.5, 0.6) is 0 Å². The van der Waals surface area contributed by atoms with Crippen molar-refractivity contribution in [2.75, 3.05) is 0 Å². The first-order valence-corrected chi connectivity index (χ1v) is 7.83. The van der Waals surface area contributed by atoms with E-state index in [0.29, 0.717) is 28.8 Å². The molecule has 0 amide bonds. The zero-order chi connectivity index (χ0) is 16.2. The summed E-state index contributed by atoms with van der Waals surface area (Å²) in [6.45, 7) is 0. The molecule has 0 saturated heterocycles. The van der Waals surface area contributed by atoms with Crippen molar-refractivity contribution in [2.45, 2.75) is 6.42 Å². The van der Waals surface area contributed by atoms with E-state index >= 15 is 0 Å². The molecule has 0 fully saturated rings. The first kappa shape index (κ1) is 15.8. The Morgan fingerprint density at radius 3 is 2.78 bits per heavy atom. The SMILES string of the molecule is Fc1ccc(C=Cc2nnc(Cc3ccc(Br)nc3)o2)c(Cl)c1. The molecular formula is C16H10BrClFN3O. The number of benzene rings is 1. The van der Waals surface area contributed by atoms with Crippen LogP contribution in [0.3, 0.4) is 0 Å². The summed E-state index contributed by atoms with van der Waals surface area (Å²) in [5.41, 5.74) is 1.64. The molecule has 7 heteroatoms. The fourth-order valence-corrected chi connectivity index (χ4v) is 2.35. The number of hydrogen-bond donors (Lipinski definition) is 0. The van der Waals surface area contributed by atoms with Crippen LogP contribution >= 0.6 is 27.5 Å². The molecule has 0 atom stereocenters. The fraction of sp³-hybridized carbons (Fsp3) is 0.0625. The van der Waals surface area contributed by atoms with Crippen LogP contribution < -0.4 is 0 Å². The molecule has 23 heavy (non-hydrogen) atoms. The lowest BCUT2D eigenvalue weighted by Crippen LogP contribution is -1.89. The lowest BCUT2D eigenvalue weighted by molar-refractivity contribution is 0.496. The molecule has 2 heterocycles. The van der Waals surface area contributed by atoms with Crippen LogP contribution in [-0.2, 0) is 6.42 Å². The van der Waals surface area contributed by atoms with Crippen molar-refractivity contribution >= 4 is 39.7 Å². The van der Waals surface area contributed by atoms with E-state index in [1.165, 1.54) is 12.1 Å². The smallest absolute Gasteiger partial charge is 0.240 e. The van der Waals surface area contributed by atoms with Crippen LogP contribution in [0.1, 0.15) is 22.9 Å². The third-order valence-corrected chi connectivity index (χ3v) is 3.79. The Bertz CT molecular complexity index is 849. The van der Waals surface area contributed by atoms with Gasteiger partial charge in [0.1, 0.15) is 10.4 Å².